The lowest BCUT2D eigenvalue weighted by Crippen LogP contribution is -2.29. The molecule has 1 atom stereocenters. The van der Waals surface area contributed by atoms with Crippen LogP contribution in [0.4, 0.5) is 5.69 Å². The van der Waals surface area contributed by atoms with Gasteiger partial charge < -0.3 is 23.7 Å². The zero-order chi connectivity index (χ0) is 23.7. The van der Waals surface area contributed by atoms with E-state index in [4.69, 9.17) is 30.2 Å². The third-order valence-corrected chi connectivity index (χ3v) is 5.61. The summed E-state index contributed by atoms with van der Waals surface area (Å²) in [5, 5.41) is 11.6. The molecule has 1 fully saturated rings. The molecule has 3 aromatic rings. The fraction of sp³-hybridized carbons (Fsp3) is 0.167. The Morgan fingerprint density at radius 3 is 2.39 bits per heavy atom. The lowest BCUT2D eigenvalue weighted by Gasteiger charge is -2.24. The first kappa shape index (κ1) is 22.3. The highest BCUT2D eigenvalue weighted by Gasteiger charge is 2.48. The number of rotatable bonds is 6. The number of benzene rings is 2. The Morgan fingerprint density at radius 2 is 1.76 bits per heavy atom. The van der Waals surface area contributed by atoms with Crippen molar-refractivity contribution < 1.29 is 33.3 Å². The Kier molecular flexibility index (Phi) is 6.02. The molecule has 4 rings (SSSR count). The van der Waals surface area contributed by atoms with Crippen LogP contribution in [-0.2, 0) is 9.59 Å². The van der Waals surface area contributed by atoms with Gasteiger partial charge >= 0.3 is 0 Å². The van der Waals surface area contributed by atoms with Gasteiger partial charge in [0.1, 0.15) is 34.8 Å². The van der Waals surface area contributed by atoms with Crippen LogP contribution in [0.25, 0.3) is 5.76 Å². The number of aliphatic hydroxyl groups is 1. The van der Waals surface area contributed by atoms with E-state index in [2.05, 4.69) is 0 Å². The van der Waals surface area contributed by atoms with Gasteiger partial charge in [-0.2, -0.15) is 0 Å². The average Bonchev–Trinajstić information content (AvgIpc) is 3.45. The van der Waals surface area contributed by atoms with Gasteiger partial charge in [0.25, 0.3) is 11.7 Å². The molecule has 0 aliphatic carbocycles. The number of ether oxygens (including phenoxy) is 3. The molecule has 2 aromatic carbocycles. The minimum Gasteiger partial charge on any atom is -0.507 e. The van der Waals surface area contributed by atoms with Crippen LogP contribution in [-0.4, -0.2) is 38.1 Å². The zero-order valence-electron chi connectivity index (χ0n) is 18.0. The number of amides is 1. The van der Waals surface area contributed by atoms with Crippen LogP contribution in [0.5, 0.6) is 17.2 Å². The third kappa shape index (κ3) is 3.78. The van der Waals surface area contributed by atoms with Gasteiger partial charge in [-0.05, 0) is 30.3 Å². The molecule has 1 saturated heterocycles. The summed E-state index contributed by atoms with van der Waals surface area (Å²) in [7, 11) is 4.31. The van der Waals surface area contributed by atoms with Crippen molar-refractivity contribution in [3.8, 4) is 17.2 Å². The number of furan rings is 1. The van der Waals surface area contributed by atoms with Gasteiger partial charge in [-0.25, -0.2) is 0 Å². The van der Waals surface area contributed by atoms with Crippen molar-refractivity contribution in [2.45, 2.75) is 6.04 Å². The topological polar surface area (TPSA) is 98.4 Å². The maximum Gasteiger partial charge on any atom is 0.300 e. The second-order valence-electron chi connectivity index (χ2n) is 7.07. The molecular formula is C24H20ClNO7. The number of carbonyl (C=O) groups is 2. The monoisotopic (exact) mass is 469 g/mol. The number of hydrogen-bond acceptors (Lipinski definition) is 7. The zero-order valence-corrected chi connectivity index (χ0v) is 18.8. The van der Waals surface area contributed by atoms with Crippen molar-refractivity contribution in [3.63, 3.8) is 0 Å². The highest BCUT2D eigenvalue weighted by molar-refractivity contribution is 6.51. The van der Waals surface area contributed by atoms with Gasteiger partial charge in [0.15, 0.2) is 0 Å². The number of ketones is 1. The number of methoxy groups -OCH3 is 3. The summed E-state index contributed by atoms with van der Waals surface area (Å²) in [6.45, 7) is 0. The molecule has 33 heavy (non-hydrogen) atoms. The summed E-state index contributed by atoms with van der Waals surface area (Å²) in [5.41, 5.74) is 0.372. The molecule has 1 aliphatic heterocycles. The number of halogens is 1. The predicted molar refractivity (Wildman–Crippen MR) is 121 cm³/mol. The van der Waals surface area contributed by atoms with E-state index in [0.29, 0.717) is 17.2 Å². The summed E-state index contributed by atoms with van der Waals surface area (Å²) < 4.78 is 21.4. The van der Waals surface area contributed by atoms with Crippen molar-refractivity contribution in [2.24, 2.45) is 0 Å². The van der Waals surface area contributed by atoms with Crippen molar-refractivity contribution in [1.82, 2.24) is 0 Å². The van der Waals surface area contributed by atoms with Crippen LogP contribution < -0.4 is 19.1 Å². The summed E-state index contributed by atoms with van der Waals surface area (Å²) in [6, 6.07) is 11.8. The normalized spacial score (nSPS) is 17.3. The number of aliphatic hydroxyl groups excluding tert-OH is 1. The van der Waals surface area contributed by atoms with Crippen LogP contribution >= 0.6 is 11.6 Å². The van der Waals surface area contributed by atoms with Gasteiger partial charge in [-0.3, -0.25) is 14.5 Å². The molecule has 2 heterocycles. The van der Waals surface area contributed by atoms with Crippen molar-refractivity contribution in [1.29, 1.82) is 0 Å². The third-order valence-electron chi connectivity index (χ3n) is 5.32. The van der Waals surface area contributed by atoms with E-state index >= 15 is 0 Å². The van der Waals surface area contributed by atoms with Gasteiger partial charge in [-0.1, -0.05) is 17.7 Å². The van der Waals surface area contributed by atoms with Crippen molar-refractivity contribution in [3.05, 3.63) is 76.7 Å². The molecular weight excluding hydrogens is 450 g/mol. The van der Waals surface area contributed by atoms with Gasteiger partial charge in [0.2, 0.25) is 0 Å². The summed E-state index contributed by atoms with van der Waals surface area (Å²) in [5.74, 6) is -0.916. The first-order valence-corrected chi connectivity index (χ1v) is 10.2. The highest BCUT2D eigenvalue weighted by Crippen LogP contribution is 2.45. The standard InChI is InChI=1S/C24H20ClNO7/c1-30-14-7-4-6-13(10-14)26-21(17-8-5-9-33-17)20(23(28)24(26)29)22(27)15-11-19(32-3)16(25)12-18(15)31-2/h4-12,21,27H,1-3H3/b22-20+. The van der Waals surface area contributed by atoms with E-state index in [1.165, 1.54) is 44.6 Å². The molecule has 9 heteroatoms. The smallest absolute Gasteiger partial charge is 0.300 e. The van der Waals surface area contributed by atoms with E-state index < -0.39 is 23.5 Å². The van der Waals surface area contributed by atoms with Crippen LogP contribution in [0.3, 0.4) is 0 Å². The molecule has 1 aliphatic rings. The largest absolute Gasteiger partial charge is 0.507 e. The molecule has 0 spiro atoms. The molecule has 1 unspecified atom stereocenters. The van der Waals surface area contributed by atoms with Gasteiger partial charge in [0, 0.05) is 17.8 Å². The minimum atomic E-state index is -1.03. The van der Waals surface area contributed by atoms with Gasteiger partial charge in [0.05, 0.1) is 43.8 Å². The Balaban J connectivity index is 1.96. The van der Waals surface area contributed by atoms with E-state index in [0.717, 1.165) is 0 Å². The Morgan fingerprint density at radius 1 is 1.00 bits per heavy atom. The minimum absolute atomic E-state index is 0.138. The fourth-order valence-electron chi connectivity index (χ4n) is 3.77. The van der Waals surface area contributed by atoms with Crippen LogP contribution in [0.2, 0.25) is 5.02 Å². The lowest BCUT2D eigenvalue weighted by molar-refractivity contribution is -0.132. The predicted octanol–water partition coefficient (Wildman–Crippen LogP) is 4.59. The summed E-state index contributed by atoms with van der Waals surface area (Å²) >= 11 is 6.18. The maximum absolute atomic E-state index is 13.2. The Hall–Kier alpha value is -3.91. The molecule has 0 radical (unpaired) electrons. The first-order chi connectivity index (χ1) is 15.9. The second-order valence-corrected chi connectivity index (χ2v) is 7.48. The summed E-state index contributed by atoms with van der Waals surface area (Å²) in [4.78, 5) is 27.6. The van der Waals surface area contributed by atoms with E-state index in [1.54, 1.807) is 36.4 Å². The quantitative estimate of drug-likeness (QED) is 0.320. The molecule has 0 saturated carbocycles. The van der Waals surface area contributed by atoms with Crippen LogP contribution in [0.1, 0.15) is 17.4 Å². The average molecular weight is 470 g/mol. The molecule has 8 nitrogen and oxygen atoms in total. The lowest BCUT2D eigenvalue weighted by atomic mass is 9.98. The molecule has 1 amide bonds. The van der Waals surface area contributed by atoms with E-state index in [9.17, 15) is 14.7 Å². The first-order valence-electron chi connectivity index (χ1n) is 9.81. The number of Topliss-reactive ketones (excluding diaryl/α,β-unsaturated/α-hetero) is 1. The number of nitrogens with zero attached hydrogens (tertiary/aromatic N) is 1. The van der Waals surface area contributed by atoms with E-state index in [-0.39, 0.29) is 27.7 Å². The number of anilines is 1. The SMILES string of the molecule is COc1cccc(N2C(=O)C(=O)/C(=C(/O)c3cc(OC)c(Cl)cc3OC)C2c2ccco2)c1. The second kappa shape index (κ2) is 8.91. The Bertz CT molecular complexity index is 1250. The number of hydrogen-bond donors (Lipinski definition) is 1. The molecule has 170 valence electrons. The van der Waals surface area contributed by atoms with Crippen LogP contribution in [0.15, 0.2) is 64.8 Å². The molecule has 1 N–H and O–H groups in total. The molecule has 1 aromatic heterocycles. The highest BCUT2D eigenvalue weighted by atomic mass is 35.5. The van der Waals surface area contributed by atoms with E-state index in [1.807, 2.05) is 0 Å². The molecule has 0 bridgehead atoms. The Labute approximate surface area is 194 Å². The summed E-state index contributed by atoms with van der Waals surface area (Å²) in [6.07, 6.45) is 1.42. The fourth-order valence-corrected chi connectivity index (χ4v) is 4.00. The number of carbonyl (C=O) groups excluding carboxylic acids is 2. The van der Waals surface area contributed by atoms with Gasteiger partial charge in [-0.15, -0.1) is 0 Å². The maximum atomic E-state index is 13.2. The van der Waals surface area contributed by atoms with Crippen molar-refractivity contribution >= 4 is 34.7 Å². The van der Waals surface area contributed by atoms with Crippen LogP contribution in [0, 0.1) is 0 Å². The van der Waals surface area contributed by atoms with Crippen molar-refractivity contribution in [2.75, 3.05) is 26.2 Å².